The molecule has 0 aliphatic carbocycles. The lowest BCUT2D eigenvalue weighted by atomic mass is 10.0. The number of thioether (sulfide) groups is 1. The molecule has 4 rings (SSSR count). The molecule has 2 aromatic carbocycles. The van der Waals surface area contributed by atoms with Crippen LogP contribution in [0.5, 0.6) is 0 Å². The van der Waals surface area contributed by atoms with Crippen LogP contribution in [0.1, 0.15) is 24.0 Å². The fraction of sp³-hybridized carbons (Fsp3) is 0.300. The van der Waals surface area contributed by atoms with Gasteiger partial charge in [0.25, 0.3) is 0 Å². The smallest absolute Gasteiger partial charge is 0.248 e. The Balaban J connectivity index is 1.60. The van der Waals surface area contributed by atoms with Crippen molar-refractivity contribution in [3.05, 3.63) is 64.7 Å². The van der Waals surface area contributed by atoms with E-state index in [0.717, 1.165) is 17.5 Å². The van der Waals surface area contributed by atoms with Gasteiger partial charge in [-0.15, -0.1) is 11.8 Å². The molecule has 0 unspecified atom stereocenters. The summed E-state index contributed by atoms with van der Waals surface area (Å²) < 4.78 is 0. The third kappa shape index (κ3) is 2.79. The predicted molar refractivity (Wildman–Crippen MR) is 105 cm³/mol. The largest absolute Gasteiger partial charge is 0.324 e. The number of hydrogen-bond donors (Lipinski definition) is 1. The van der Waals surface area contributed by atoms with Crippen LogP contribution in [0.25, 0.3) is 0 Å². The number of fused-ring (bicyclic) bond motifs is 1. The van der Waals surface area contributed by atoms with E-state index in [1.165, 1.54) is 0 Å². The topological polar surface area (TPSA) is 49.4 Å². The lowest BCUT2D eigenvalue weighted by Crippen LogP contribution is -2.48. The molecule has 0 bridgehead atoms. The third-order valence-electron chi connectivity index (χ3n) is 5.09. The molecular formula is C20H19ClN2O2S. The van der Waals surface area contributed by atoms with Gasteiger partial charge in [-0.05, 0) is 36.6 Å². The van der Waals surface area contributed by atoms with Gasteiger partial charge < -0.3 is 10.2 Å². The summed E-state index contributed by atoms with van der Waals surface area (Å²) in [5.41, 5.74) is 2.70. The number of amides is 2. The van der Waals surface area contributed by atoms with Crippen LogP contribution in [-0.4, -0.2) is 28.5 Å². The standard InChI is InChI=1S/C20H19ClN2O2S/c1-13-7-8-15(11-16(13)21)22-19(25)17-12-26-20(10-9-18(24)23(17)20)14-5-3-2-4-6-14/h2-8,11,17H,9-10,12H2,1H3,(H,22,25)/t17-,20+/m0/s1. The summed E-state index contributed by atoms with van der Waals surface area (Å²) in [5.74, 6) is 0.470. The molecule has 2 aliphatic rings. The van der Waals surface area contributed by atoms with Crippen molar-refractivity contribution in [3.8, 4) is 0 Å². The highest BCUT2D eigenvalue weighted by molar-refractivity contribution is 8.00. The molecule has 2 amide bonds. The van der Waals surface area contributed by atoms with Gasteiger partial charge in [-0.1, -0.05) is 48.0 Å². The normalized spacial score (nSPS) is 24.6. The van der Waals surface area contributed by atoms with E-state index in [-0.39, 0.29) is 11.8 Å². The number of anilines is 1. The molecule has 0 saturated carbocycles. The van der Waals surface area contributed by atoms with E-state index in [0.29, 0.717) is 22.9 Å². The fourth-order valence-electron chi connectivity index (χ4n) is 3.73. The Morgan fingerprint density at radius 2 is 2.04 bits per heavy atom. The van der Waals surface area contributed by atoms with Crippen molar-refractivity contribution in [3.63, 3.8) is 0 Å². The van der Waals surface area contributed by atoms with E-state index in [2.05, 4.69) is 5.32 Å². The average molecular weight is 387 g/mol. The summed E-state index contributed by atoms with van der Waals surface area (Å²) in [4.78, 5) is 26.9. The summed E-state index contributed by atoms with van der Waals surface area (Å²) in [7, 11) is 0. The summed E-state index contributed by atoms with van der Waals surface area (Å²) in [5, 5.41) is 3.53. The van der Waals surface area contributed by atoms with E-state index in [9.17, 15) is 9.59 Å². The van der Waals surface area contributed by atoms with Crippen LogP contribution in [0.3, 0.4) is 0 Å². The van der Waals surface area contributed by atoms with Gasteiger partial charge in [0.15, 0.2) is 0 Å². The number of benzene rings is 2. The van der Waals surface area contributed by atoms with E-state index < -0.39 is 10.9 Å². The first kappa shape index (κ1) is 17.4. The van der Waals surface area contributed by atoms with Crippen molar-refractivity contribution in [2.45, 2.75) is 30.7 Å². The first-order chi connectivity index (χ1) is 12.5. The second-order valence-electron chi connectivity index (χ2n) is 6.69. The molecule has 134 valence electrons. The van der Waals surface area contributed by atoms with Crippen LogP contribution in [-0.2, 0) is 14.5 Å². The van der Waals surface area contributed by atoms with Crippen LogP contribution in [0.15, 0.2) is 48.5 Å². The molecule has 0 radical (unpaired) electrons. The molecule has 2 aliphatic heterocycles. The van der Waals surface area contributed by atoms with Gasteiger partial charge in [0, 0.05) is 22.9 Å². The van der Waals surface area contributed by atoms with Gasteiger partial charge in [0.1, 0.15) is 10.9 Å². The van der Waals surface area contributed by atoms with Crippen molar-refractivity contribution in [2.75, 3.05) is 11.1 Å². The minimum atomic E-state index is -0.477. The van der Waals surface area contributed by atoms with Gasteiger partial charge in [-0.3, -0.25) is 9.59 Å². The molecule has 6 heteroatoms. The number of nitrogens with one attached hydrogen (secondary N) is 1. The zero-order valence-electron chi connectivity index (χ0n) is 14.4. The molecule has 2 saturated heterocycles. The van der Waals surface area contributed by atoms with Crippen molar-refractivity contribution in [1.82, 2.24) is 4.90 Å². The quantitative estimate of drug-likeness (QED) is 0.860. The molecule has 2 heterocycles. The van der Waals surface area contributed by atoms with Crippen molar-refractivity contribution >= 4 is 40.9 Å². The Hall–Kier alpha value is -1.98. The summed E-state index contributed by atoms with van der Waals surface area (Å²) in [6.45, 7) is 1.92. The van der Waals surface area contributed by atoms with Gasteiger partial charge in [-0.25, -0.2) is 0 Å². The van der Waals surface area contributed by atoms with Crippen LogP contribution in [0.2, 0.25) is 5.02 Å². The lowest BCUT2D eigenvalue weighted by Gasteiger charge is -2.34. The SMILES string of the molecule is Cc1ccc(NC(=O)[C@@H]2CS[C@@]3(c4ccccc4)CCC(=O)N23)cc1Cl. The zero-order chi connectivity index (χ0) is 18.3. The molecular weight excluding hydrogens is 368 g/mol. The van der Waals surface area contributed by atoms with Crippen LogP contribution in [0, 0.1) is 6.92 Å². The zero-order valence-corrected chi connectivity index (χ0v) is 15.9. The highest BCUT2D eigenvalue weighted by Crippen LogP contribution is 2.54. The van der Waals surface area contributed by atoms with Gasteiger partial charge in [-0.2, -0.15) is 0 Å². The maximum Gasteiger partial charge on any atom is 0.248 e. The van der Waals surface area contributed by atoms with E-state index in [1.54, 1.807) is 22.7 Å². The van der Waals surface area contributed by atoms with Crippen molar-refractivity contribution in [1.29, 1.82) is 0 Å². The highest BCUT2D eigenvalue weighted by atomic mass is 35.5. The number of nitrogens with zero attached hydrogens (tertiary/aromatic N) is 1. The Morgan fingerprint density at radius 1 is 1.27 bits per heavy atom. The van der Waals surface area contributed by atoms with Gasteiger partial charge in [0.05, 0.1) is 0 Å². The average Bonchev–Trinajstić information content (AvgIpc) is 3.18. The summed E-state index contributed by atoms with van der Waals surface area (Å²) in [6, 6.07) is 15.0. The lowest BCUT2D eigenvalue weighted by molar-refractivity contribution is -0.136. The first-order valence-corrected chi connectivity index (χ1v) is 9.96. The summed E-state index contributed by atoms with van der Waals surface area (Å²) >= 11 is 7.84. The van der Waals surface area contributed by atoms with Crippen LogP contribution >= 0.6 is 23.4 Å². The van der Waals surface area contributed by atoms with E-state index in [1.807, 2.05) is 49.4 Å². The molecule has 2 fully saturated rings. The predicted octanol–water partition coefficient (Wildman–Crippen LogP) is 4.18. The Kier molecular flexibility index (Phi) is 4.45. The molecule has 1 N–H and O–H groups in total. The molecule has 2 aromatic rings. The maximum atomic E-state index is 12.9. The second kappa shape index (κ2) is 6.63. The van der Waals surface area contributed by atoms with E-state index >= 15 is 0 Å². The highest BCUT2D eigenvalue weighted by Gasteiger charge is 2.56. The minimum absolute atomic E-state index is 0.0425. The minimum Gasteiger partial charge on any atom is -0.324 e. The van der Waals surface area contributed by atoms with E-state index in [4.69, 9.17) is 11.6 Å². The molecule has 4 nitrogen and oxygen atoms in total. The number of carbonyl (C=O) groups is 2. The first-order valence-electron chi connectivity index (χ1n) is 8.60. The van der Waals surface area contributed by atoms with Gasteiger partial charge >= 0.3 is 0 Å². The Morgan fingerprint density at radius 3 is 2.77 bits per heavy atom. The van der Waals surface area contributed by atoms with Crippen molar-refractivity contribution < 1.29 is 9.59 Å². The molecule has 0 aromatic heterocycles. The summed E-state index contributed by atoms with van der Waals surface area (Å²) in [6.07, 6.45) is 1.21. The Bertz CT molecular complexity index is 873. The Labute approximate surface area is 161 Å². The van der Waals surface area contributed by atoms with Crippen LogP contribution in [0.4, 0.5) is 5.69 Å². The second-order valence-corrected chi connectivity index (χ2v) is 8.40. The molecule has 0 spiro atoms. The van der Waals surface area contributed by atoms with Gasteiger partial charge in [0.2, 0.25) is 11.8 Å². The number of aryl methyl sites for hydroxylation is 1. The molecule has 2 atom stereocenters. The van der Waals surface area contributed by atoms with Crippen molar-refractivity contribution in [2.24, 2.45) is 0 Å². The monoisotopic (exact) mass is 386 g/mol. The fourth-order valence-corrected chi connectivity index (χ4v) is 5.56. The number of hydrogen-bond acceptors (Lipinski definition) is 3. The third-order valence-corrected chi connectivity index (χ3v) is 7.10. The number of halogens is 1. The molecule has 26 heavy (non-hydrogen) atoms. The number of rotatable bonds is 3. The maximum absolute atomic E-state index is 12.9. The van der Waals surface area contributed by atoms with Crippen LogP contribution < -0.4 is 5.32 Å². The number of carbonyl (C=O) groups excluding carboxylic acids is 2.